The summed E-state index contributed by atoms with van der Waals surface area (Å²) in [6.07, 6.45) is 4.92. The number of aliphatic hydroxyl groups is 1. The van der Waals surface area contributed by atoms with Crippen LogP contribution in [0.5, 0.6) is 11.5 Å². The molecule has 0 radical (unpaired) electrons. The molecule has 18 heavy (non-hydrogen) atoms. The first-order chi connectivity index (χ1) is 8.83. The molecule has 3 rings (SSSR count). The van der Waals surface area contributed by atoms with E-state index in [1.54, 1.807) is 0 Å². The summed E-state index contributed by atoms with van der Waals surface area (Å²) in [6, 6.07) is 0. The summed E-state index contributed by atoms with van der Waals surface area (Å²) in [5, 5.41) is 9.30. The predicted molar refractivity (Wildman–Crippen MR) is 69.6 cm³/mol. The lowest BCUT2D eigenvalue weighted by Gasteiger charge is -2.29. The van der Waals surface area contributed by atoms with E-state index < -0.39 is 0 Å². The average Bonchev–Trinajstić information content (AvgIpc) is 2.43. The zero-order valence-corrected chi connectivity index (χ0v) is 10.9. The fourth-order valence-corrected chi connectivity index (χ4v) is 3.15. The van der Waals surface area contributed by atoms with Gasteiger partial charge >= 0.3 is 0 Å². The zero-order chi connectivity index (χ0) is 12.5. The highest BCUT2D eigenvalue weighted by Gasteiger charge is 2.26. The van der Waals surface area contributed by atoms with Crippen molar-refractivity contribution in [1.29, 1.82) is 0 Å². The molecule has 1 aromatic carbocycles. The van der Waals surface area contributed by atoms with Gasteiger partial charge in [-0.1, -0.05) is 0 Å². The van der Waals surface area contributed by atoms with Gasteiger partial charge in [0.2, 0.25) is 0 Å². The summed E-state index contributed by atoms with van der Waals surface area (Å²) in [6.45, 7) is 3.92. The van der Waals surface area contributed by atoms with Crippen LogP contribution in [0.4, 0.5) is 0 Å². The van der Waals surface area contributed by atoms with Gasteiger partial charge in [0.15, 0.2) is 0 Å². The number of hydrogen-bond donors (Lipinski definition) is 1. The van der Waals surface area contributed by atoms with Gasteiger partial charge in [0, 0.05) is 23.3 Å². The van der Waals surface area contributed by atoms with Gasteiger partial charge in [-0.2, -0.15) is 0 Å². The first-order valence-corrected chi connectivity index (χ1v) is 6.86. The van der Waals surface area contributed by atoms with Crippen molar-refractivity contribution in [2.24, 2.45) is 0 Å². The van der Waals surface area contributed by atoms with Crippen LogP contribution < -0.4 is 9.47 Å². The maximum Gasteiger partial charge on any atom is 0.126 e. The van der Waals surface area contributed by atoms with Crippen LogP contribution in [-0.2, 0) is 19.3 Å². The Morgan fingerprint density at radius 3 is 2.39 bits per heavy atom. The second kappa shape index (κ2) is 4.81. The number of rotatable bonds is 2. The van der Waals surface area contributed by atoms with Crippen LogP contribution in [0.2, 0.25) is 0 Å². The maximum atomic E-state index is 9.30. The van der Waals surface area contributed by atoms with Crippen molar-refractivity contribution in [3.63, 3.8) is 0 Å². The van der Waals surface area contributed by atoms with Gasteiger partial charge in [0.1, 0.15) is 11.5 Å². The molecule has 0 spiro atoms. The monoisotopic (exact) mass is 248 g/mol. The molecule has 2 aliphatic heterocycles. The fraction of sp³-hybridized carbons (Fsp3) is 0.600. The molecule has 0 atom stereocenters. The van der Waals surface area contributed by atoms with Gasteiger partial charge in [-0.05, 0) is 44.6 Å². The molecule has 1 aromatic rings. The Labute approximate surface area is 108 Å². The highest BCUT2D eigenvalue weighted by Crippen LogP contribution is 2.43. The maximum absolute atomic E-state index is 9.30. The van der Waals surface area contributed by atoms with E-state index in [1.165, 1.54) is 22.3 Å². The van der Waals surface area contributed by atoms with Crippen LogP contribution >= 0.6 is 0 Å². The van der Waals surface area contributed by atoms with E-state index in [0.717, 1.165) is 50.4 Å². The average molecular weight is 248 g/mol. The van der Waals surface area contributed by atoms with E-state index in [9.17, 15) is 5.11 Å². The Bertz CT molecular complexity index is 428. The van der Waals surface area contributed by atoms with Crippen molar-refractivity contribution in [1.82, 2.24) is 0 Å². The molecule has 2 aliphatic rings. The fourth-order valence-electron chi connectivity index (χ4n) is 3.15. The van der Waals surface area contributed by atoms with Crippen molar-refractivity contribution >= 4 is 0 Å². The Hall–Kier alpha value is -1.22. The van der Waals surface area contributed by atoms with Crippen LogP contribution in [0.15, 0.2) is 0 Å². The van der Waals surface area contributed by atoms with Gasteiger partial charge in [-0.25, -0.2) is 0 Å². The van der Waals surface area contributed by atoms with E-state index in [4.69, 9.17) is 9.47 Å². The molecule has 0 saturated heterocycles. The number of benzene rings is 1. The third-order valence-corrected chi connectivity index (χ3v) is 3.98. The molecule has 0 fully saturated rings. The van der Waals surface area contributed by atoms with Gasteiger partial charge in [-0.3, -0.25) is 0 Å². The Kier molecular flexibility index (Phi) is 3.16. The number of hydrogen-bond acceptors (Lipinski definition) is 3. The Morgan fingerprint density at radius 2 is 1.67 bits per heavy atom. The highest BCUT2D eigenvalue weighted by molar-refractivity contribution is 5.60. The molecule has 0 saturated carbocycles. The Balaban J connectivity index is 2.20. The van der Waals surface area contributed by atoms with E-state index in [0.29, 0.717) is 6.42 Å². The third-order valence-electron chi connectivity index (χ3n) is 3.98. The molecule has 3 nitrogen and oxygen atoms in total. The van der Waals surface area contributed by atoms with Gasteiger partial charge in [-0.15, -0.1) is 0 Å². The zero-order valence-electron chi connectivity index (χ0n) is 10.9. The number of ether oxygens (including phenoxy) is 2. The summed E-state index contributed by atoms with van der Waals surface area (Å²) in [4.78, 5) is 0. The van der Waals surface area contributed by atoms with Crippen LogP contribution in [-0.4, -0.2) is 24.9 Å². The third kappa shape index (κ3) is 1.77. The normalized spacial score (nSPS) is 17.4. The second-order valence-corrected chi connectivity index (χ2v) is 5.10. The summed E-state index contributed by atoms with van der Waals surface area (Å²) in [5.74, 6) is 2.10. The van der Waals surface area contributed by atoms with Gasteiger partial charge < -0.3 is 14.6 Å². The van der Waals surface area contributed by atoms with Crippen molar-refractivity contribution in [3.8, 4) is 11.5 Å². The molecule has 1 N–H and O–H groups in total. The minimum atomic E-state index is 0.172. The van der Waals surface area contributed by atoms with Crippen molar-refractivity contribution < 1.29 is 14.6 Å². The van der Waals surface area contributed by atoms with Gasteiger partial charge in [0.05, 0.1) is 13.2 Å². The first kappa shape index (κ1) is 11.8. The van der Waals surface area contributed by atoms with Crippen LogP contribution in [0.3, 0.4) is 0 Å². The van der Waals surface area contributed by atoms with E-state index in [-0.39, 0.29) is 6.61 Å². The molecule has 0 aromatic heterocycles. The van der Waals surface area contributed by atoms with E-state index >= 15 is 0 Å². The van der Waals surface area contributed by atoms with Crippen LogP contribution in [0.1, 0.15) is 35.1 Å². The number of aliphatic hydroxyl groups excluding tert-OH is 1. The summed E-state index contributed by atoms with van der Waals surface area (Å²) >= 11 is 0. The predicted octanol–water partition coefficient (Wildman–Crippen LogP) is 2.18. The minimum absolute atomic E-state index is 0.172. The molecular weight excluding hydrogens is 228 g/mol. The van der Waals surface area contributed by atoms with Crippen molar-refractivity contribution in [3.05, 3.63) is 22.3 Å². The van der Waals surface area contributed by atoms with Crippen molar-refractivity contribution in [2.45, 2.75) is 39.0 Å². The van der Waals surface area contributed by atoms with Gasteiger partial charge in [0.25, 0.3) is 0 Å². The lowest BCUT2D eigenvalue weighted by atomic mass is 9.88. The van der Waals surface area contributed by atoms with Crippen LogP contribution in [0, 0.1) is 6.92 Å². The standard InChI is InChI=1S/C15H20O3/c1-10-11-4-2-9-18-15(11)13(6-7-16)12-5-3-8-17-14(10)12/h16H,2-9H2,1H3. The molecule has 98 valence electrons. The van der Waals surface area contributed by atoms with Crippen LogP contribution in [0.25, 0.3) is 0 Å². The lowest BCUT2D eigenvalue weighted by molar-refractivity contribution is 0.259. The molecule has 3 heteroatoms. The molecule has 0 aliphatic carbocycles. The smallest absolute Gasteiger partial charge is 0.126 e. The first-order valence-electron chi connectivity index (χ1n) is 6.86. The molecule has 0 unspecified atom stereocenters. The minimum Gasteiger partial charge on any atom is -0.493 e. The van der Waals surface area contributed by atoms with E-state index in [2.05, 4.69) is 6.92 Å². The summed E-state index contributed by atoms with van der Waals surface area (Å²) < 4.78 is 11.8. The SMILES string of the molecule is Cc1c2c(c(CCO)c3c1OCCC3)OCCC2. The number of fused-ring (bicyclic) bond motifs is 2. The quantitative estimate of drug-likeness (QED) is 0.872. The topological polar surface area (TPSA) is 38.7 Å². The Morgan fingerprint density at radius 1 is 1.00 bits per heavy atom. The molecular formula is C15H20O3. The van der Waals surface area contributed by atoms with E-state index in [1.807, 2.05) is 0 Å². The molecule has 0 amide bonds. The summed E-state index contributed by atoms with van der Waals surface area (Å²) in [5.41, 5.74) is 5.01. The largest absolute Gasteiger partial charge is 0.493 e. The summed E-state index contributed by atoms with van der Waals surface area (Å²) in [7, 11) is 0. The second-order valence-electron chi connectivity index (χ2n) is 5.10. The molecule has 2 heterocycles. The molecule has 0 bridgehead atoms. The van der Waals surface area contributed by atoms with Crippen molar-refractivity contribution in [2.75, 3.05) is 19.8 Å². The highest BCUT2D eigenvalue weighted by atomic mass is 16.5. The lowest BCUT2D eigenvalue weighted by Crippen LogP contribution is -2.19.